The van der Waals surface area contributed by atoms with Crippen molar-refractivity contribution >= 4 is 7.85 Å². The predicted molar refractivity (Wildman–Crippen MR) is 61.2 cm³/mol. The van der Waals surface area contributed by atoms with Crippen molar-refractivity contribution in [1.82, 2.24) is 0 Å². The molecule has 1 saturated heterocycles. The SMILES string of the molecule is B[C@@H]1OCC(CC)(COC)C(C)C1C. The van der Waals surface area contributed by atoms with Crippen LogP contribution in [-0.4, -0.2) is 34.2 Å². The van der Waals surface area contributed by atoms with Gasteiger partial charge in [0.1, 0.15) is 7.85 Å². The van der Waals surface area contributed by atoms with E-state index in [4.69, 9.17) is 9.47 Å². The smallest absolute Gasteiger partial charge is 0.139 e. The molecular formula is C11H23BO2. The molecule has 3 unspecified atom stereocenters. The van der Waals surface area contributed by atoms with Crippen molar-refractivity contribution in [2.45, 2.75) is 33.2 Å². The van der Waals surface area contributed by atoms with Crippen molar-refractivity contribution in [3.8, 4) is 0 Å². The number of hydrogen-bond donors (Lipinski definition) is 0. The van der Waals surface area contributed by atoms with E-state index in [9.17, 15) is 0 Å². The fourth-order valence-electron chi connectivity index (χ4n) is 2.53. The van der Waals surface area contributed by atoms with Gasteiger partial charge in [0.05, 0.1) is 13.2 Å². The average molecular weight is 198 g/mol. The third-order valence-electron chi connectivity index (χ3n) is 4.26. The van der Waals surface area contributed by atoms with Crippen LogP contribution >= 0.6 is 0 Å². The predicted octanol–water partition coefficient (Wildman–Crippen LogP) is 1.29. The molecule has 0 N–H and O–H groups in total. The van der Waals surface area contributed by atoms with Crippen LogP contribution in [0.15, 0.2) is 0 Å². The van der Waals surface area contributed by atoms with Crippen LogP contribution < -0.4 is 0 Å². The highest BCUT2D eigenvalue weighted by atomic mass is 16.5. The minimum Gasteiger partial charge on any atom is -0.386 e. The molecule has 0 aliphatic carbocycles. The molecule has 3 heteroatoms. The topological polar surface area (TPSA) is 18.5 Å². The standard InChI is InChI=1S/C11H23BO2/c1-5-11(6-13-4)7-14-10(12)8(2)9(11)3/h8-10H,5-7,12H2,1-4H3/t8?,9?,10-,11?/m1/s1. The van der Waals surface area contributed by atoms with E-state index < -0.39 is 0 Å². The minimum absolute atomic E-state index is 0.237. The van der Waals surface area contributed by atoms with Crippen molar-refractivity contribution in [3.63, 3.8) is 0 Å². The molecular weight excluding hydrogens is 175 g/mol. The first kappa shape index (κ1) is 12.1. The Balaban J connectivity index is 2.76. The summed E-state index contributed by atoms with van der Waals surface area (Å²) >= 11 is 0. The lowest BCUT2D eigenvalue weighted by atomic mass is 9.64. The highest BCUT2D eigenvalue weighted by Crippen LogP contribution is 2.42. The zero-order valence-electron chi connectivity index (χ0n) is 10.2. The monoisotopic (exact) mass is 198 g/mol. The summed E-state index contributed by atoms with van der Waals surface area (Å²) < 4.78 is 11.2. The molecule has 1 aliphatic rings. The van der Waals surface area contributed by atoms with Crippen molar-refractivity contribution in [1.29, 1.82) is 0 Å². The Morgan fingerprint density at radius 2 is 2.14 bits per heavy atom. The molecule has 0 bridgehead atoms. The van der Waals surface area contributed by atoms with Gasteiger partial charge in [-0.1, -0.05) is 20.8 Å². The van der Waals surface area contributed by atoms with E-state index in [1.165, 1.54) is 0 Å². The van der Waals surface area contributed by atoms with Gasteiger partial charge in [-0.3, -0.25) is 0 Å². The molecule has 0 saturated carbocycles. The van der Waals surface area contributed by atoms with Crippen LogP contribution in [0.4, 0.5) is 0 Å². The van der Waals surface area contributed by atoms with Gasteiger partial charge in [-0.05, 0) is 18.3 Å². The largest absolute Gasteiger partial charge is 0.386 e. The lowest BCUT2D eigenvalue weighted by Crippen LogP contribution is -2.50. The van der Waals surface area contributed by atoms with E-state index in [2.05, 4.69) is 28.6 Å². The van der Waals surface area contributed by atoms with Gasteiger partial charge in [0, 0.05) is 18.5 Å². The van der Waals surface area contributed by atoms with Gasteiger partial charge in [0.2, 0.25) is 0 Å². The maximum Gasteiger partial charge on any atom is 0.139 e. The number of ether oxygens (including phenoxy) is 2. The van der Waals surface area contributed by atoms with Gasteiger partial charge in [-0.2, -0.15) is 0 Å². The third kappa shape index (κ3) is 1.99. The lowest BCUT2D eigenvalue weighted by molar-refractivity contribution is -0.126. The number of hydrogen-bond acceptors (Lipinski definition) is 2. The molecule has 1 heterocycles. The van der Waals surface area contributed by atoms with Crippen molar-refractivity contribution in [2.75, 3.05) is 20.3 Å². The molecule has 2 nitrogen and oxygen atoms in total. The minimum atomic E-state index is 0.237. The summed E-state index contributed by atoms with van der Waals surface area (Å²) in [4.78, 5) is 0. The van der Waals surface area contributed by atoms with E-state index in [0.29, 0.717) is 17.8 Å². The highest BCUT2D eigenvalue weighted by molar-refractivity contribution is 6.11. The van der Waals surface area contributed by atoms with Gasteiger partial charge in [0.25, 0.3) is 0 Å². The van der Waals surface area contributed by atoms with E-state index in [0.717, 1.165) is 19.6 Å². The van der Waals surface area contributed by atoms with Crippen LogP contribution in [-0.2, 0) is 9.47 Å². The molecule has 14 heavy (non-hydrogen) atoms. The quantitative estimate of drug-likeness (QED) is 0.636. The van der Waals surface area contributed by atoms with E-state index in [1.54, 1.807) is 7.11 Å². The summed E-state index contributed by atoms with van der Waals surface area (Å²) in [6.07, 6.45) is 1.14. The van der Waals surface area contributed by atoms with Gasteiger partial charge >= 0.3 is 0 Å². The Bertz CT molecular complexity index is 186. The molecule has 4 atom stereocenters. The lowest BCUT2D eigenvalue weighted by Gasteiger charge is -2.47. The van der Waals surface area contributed by atoms with Crippen LogP contribution in [0.25, 0.3) is 0 Å². The molecule has 0 aromatic carbocycles. The van der Waals surface area contributed by atoms with Gasteiger partial charge in [0.15, 0.2) is 0 Å². The second-order valence-corrected chi connectivity index (χ2v) is 4.81. The summed E-state index contributed by atoms with van der Waals surface area (Å²) in [5.74, 6) is 1.30. The third-order valence-corrected chi connectivity index (χ3v) is 4.26. The zero-order chi connectivity index (χ0) is 10.8. The fourth-order valence-corrected chi connectivity index (χ4v) is 2.53. The maximum atomic E-state index is 5.84. The Morgan fingerprint density at radius 3 is 2.64 bits per heavy atom. The van der Waals surface area contributed by atoms with Crippen molar-refractivity contribution < 1.29 is 9.47 Å². The van der Waals surface area contributed by atoms with Crippen LogP contribution in [0.2, 0.25) is 0 Å². The van der Waals surface area contributed by atoms with Crippen LogP contribution in [0, 0.1) is 17.3 Å². The summed E-state index contributed by atoms with van der Waals surface area (Å²) in [6.45, 7) is 8.54. The van der Waals surface area contributed by atoms with Crippen LogP contribution in [0.3, 0.4) is 0 Å². The summed E-state index contributed by atoms with van der Waals surface area (Å²) in [5, 5.41) is 0. The highest BCUT2D eigenvalue weighted by Gasteiger charge is 2.43. The average Bonchev–Trinajstić information content (AvgIpc) is 2.20. The molecule has 1 fully saturated rings. The Kier molecular flexibility index (Phi) is 4.02. The number of rotatable bonds is 3. The van der Waals surface area contributed by atoms with Crippen molar-refractivity contribution in [2.24, 2.45) is 17.3 Å². The molecule has 0 radical (unpaired) electrons. The van der Waals surface area contributed by atoms with Gasteiger partial charge in [-0.25, -0.2) is 0 Å². The van der Waals surface area contributed by atoms with Crippen LogP contribution in [0.1, 0.15) is 27.2 Å². The first-order valence-corrected chi connectivity index (χ1v) is 5.68. The molecule has 1 rings (SSSR count). The Hall–Kier alpha value is -0.0151. The van der Waals surface area contributed by atoms with E-state index >= 15 is 0 Å². The molecule has 82 valence electrons. The Morgan fingerprint density at radius 1 is 1.50 bits per heavy atom. The van der Waals surface area contributed by atoms with Gasteiger partial charge in [-0.15, -0.1) is 0 Å². The molecule has 1 aliphatic heterocycles. The summed E-state index contributed by atoms with van der Waals surface area (Å²) in [5.41, 5.74) is 0.237. The van der Waals surface area contributed by atoms with E-state index in [-0.39, 0.29) is 5.41 Å². The number of methoxy groups -OCH3 is 1. The van der Waals surface area contributed by atoms with E-state index in [1.807, 2.05) is 0 Å². The maximum absolute atomic E-state index is 5.84. The zero-order valence-corrected chi connectivity index (χ0v) is 10.2. The second-order valence-electron chi connectivity index (χ2n) is 4.81. The summed E-state index contributed by atoms with van der Waals surface area (Å²) in [7, 11) is 3.96. The summed E-state index contributed by atoms with van der Waals surface area (Å²) in [6, 6.07) is 0.390. The molecule has 0 aromatic heterocycles. The fraction of sp³-hybridized carbons (Fsp3) is 1.00. The second kappa shape index (κ2) is 4.67. The van der Waals surface area contributed by atoms with Crippen LogP contribution in [0.5, 0.6) is 0 Å². The van der Waals surface area contributed by atoms with Crippen molar-refractivity contribution in [3.05, 3.63) is 0 Å². The normalized spacial score (nSPS) is 43.9. The molecule has 0 aromatic rings. The first-order valence-electron chi connectivity index (χ1n) is 5.68. The molecule has 0 amide bonds. The van der Waals surface area contributed by atoms with Gasteiger partial charge < -0.3 is 9.47 Å². The Labute approximate surface area is 88.8 Å². The molecule has 0 spiro atoms. The first-order chi connectivity index (χ1) is 6.57.